The summed E-state index contributed by atoms with van der Waals surface area (Å²) < 4.78 is 0. The van der Waals surface area contributed by atoms with Crippen LogP contribution in [0.5, 0.6) is 0 Å². The van der Waals surface area contributed by atoms with E-state index in [0.717, 1.165) is 6.42 Å². The topological polar surface area (TPSA) is 6.48 Å². The number of allylic oxidation sites excluding steroid dienone is 4. The predicted octanol–water partition coefficient (Wildman–Crippen LogP) is 14.9. The minimum Gasteiger partial charge on any atom is -0.314 e. The molecule has 0 fully saturated rings. The van der Waals surface area contributed by atoms with Crippen LogP contribution in [0.2, 0.25) is 0 Å². The molecule has 2 nitrogen and oxygen atoms in total. The lowest BCUT2D eigenvalue weighted by atomic mass is 9.72. The van der Waals surface area contributed by atoms with Crippen molar-refractivity contribution in [3.05, 3.63) is 183 Å². The number of hydrogen-bond acceptors (Lipinski definition) is 2. The molecule has 0 aromatic heterocycles. The second kappa shape index (κ2) is 13.0. The van der Waals surface area contributed by atoms with Gasteiger partial charge in [0.05, 0.1) is 0 Å². The van der Waals surface area contributed by atoms with E-state index in [2.05, 4.69) is 206 Å². The van der Waals surface area contributed by atoms with Crippen molar-refractivity contribution in [3.8, 4) is 22.3 Å². The van der Waals surface area contributed by atoms with Crippen molar-refractivity contribution >= 4 is 28.4 Å². The van der Waals surface area contributed by atoms with Crippen LogP contribution >= 0.6 is 0 Å². The molecule has 0 spiro atoms. The monoisotopic (exact) mass is 730 g/mol. The molecule has 280 valence electrons. The molecular formula is C54H54N2. The van der Waals surface area contributed by atoms with Crippen molar-refractivity contribution in [2.24, 2.45) is 5.92 Å². The molecule has 0 saturated carbocycles. The van der Waals surface area contributed by atoms with Crippen LogP contribution in [0.15, 0.2) is 133 Å². The summed E-state index contributed by atoms with van der Waals surface area (Å²) in [5, 5.41) is 0. The van der Waals surface area contributed by atoms with E-state index in [0.29, 0.717) is 5.92 Å². The fourth-order valence-corrected chi connectivity index (χ4v) is 10.2. The number of fused-ring (bicyclic) bond motifs is 7. The Hall–Kier alpha value is -5.60. The molecule has 1 unspecified atom stereocenters. The highest BCUT2D eigenvalue weighted by molar-refractivity contribution is 5.95. The van der Waals surface area contributed by atoms with Crippen LogP contribution in [-0.2, 0) is 10.8 Å². The molecule has 0 amide bonds. The van der Waals surface area contributed by atoms with Gasteiger partial charge in [-0.2, -0.15) is 0 Å². The maximum absolute atomic E-state index is 2.51. The Labute approximate surface area is 334 Å². The van der Waals surface area contributed by atoms with Gasteiger partial charge in [-0.3, -0.25) is 0 Å². The molecule has 1 atom stereocenters. The summed E-state index contributed by atoms with van der Waals surface area (Å²) in [5.41, 5.74) is 24.8. The number of benzene rings is 6. The standard InChI is InChI=1S/C54H54N2/c1-33-17-21-39(22-18-33)55(41-15-11-13-35(3)27-41)43-29-37(5)49-45-25-26-46-50-38(6)30-44(32-48(50)54(9,10)52(46)51(45)53(7,8)47(49)31-43)56(40-23-19-34(2)20-24-40)42-16-12-14-36(4)28-42/h11-27,29-32,36H,28H2,1-10H3. The molecule has 0 heterocycles. The zero-order valence-corrected chi connectivity index (χ0v) is 34.8. The van der Waals surface area contributed by atoms with Crippen LogP contribution in [0.1, 0.15) is 91.1 Å². The zero-order valence-electron chi connectivity index (χ0n) is 34.8. The first kappa shape index (κ1) is 36.1. The molecular weight excluding hydrogens is 677 g/mol. The van der Waals surface area contributed by atoms with Gasteiger partial charge < -0.3 is 9.80 Å². The van der Waals surface area contributed by atoms with Crippen LogP contribution < -0.4 is 9.80 Å². The fourth-order valence-electron chi connectivity index (χ4n) is 10.2. The third-order valence-corrected chi connectivity index (χ3v) is 12.9. The van der Waals surface area contributed by atoms with Crippen LogP contribution in [0, 0.1) is 40.5 Å². The minimum atomic E-state index is -0.207. The van der Waals surface area contributed by atoms with Crippen molar-refractivity contribution in [1.82, 2.24) is 0 Å². The highest BCUT2D eigenvalue weighted by Gasteiger charge is 2.47. The summed E-state index contributed by atoms with van der Waals surface area (Å²) >= 11 is 0. The molecule has 0 aliphatic heterocycles. The highest BCUT2D eigenvalue weighted by Crippen LogP contribution is 2.61. The van der Waals surface area contributed by atoms with Gasteiger partial charge in [0.2, 0.25) is 0 Å². The van der Waals surface area contributed by atoms with Gasteiger partial charge in [0.15, 0.2) is 0 Å². The third-order valence-electron chi connectivity index (χ3n) is 12.9. The summed E-state index contributed by atoms with van der Waals surface area (Å²) in [6.45, 7) is 23.3. The first-order valence-corrected chi connectivity index (χ1v) is 20.4. The molecule has 0 bridgehead atoms. The molecule has 0 radical (unpaired) electrons. The molecule has 6 aromatic rings. The SMILES string of the molecule is Cc1ccc(N(C2=CC=CC(C)C2)c2cc(C)c3c(c2)C(C)(C)c2c-3ccc3c2C(C)(C)c2cc(N(c4ccc(C)cc4)c4cccc(C)c4)cc(C)c2-3)cc1. The molecule has 0 saturated heterocycles. The van der Waals surface area contributed by atoms with Crippen LogP contribution in [0.4, 0.5) is 28.4 Å². The Balaban J connectivity index is 1.19. The van der Waals surface area contributed by atoms with E-state index in [-0.39, 0.29) is 10.8 Å². The van der Waals surface area contributed by atoms with E-state index in [1.54, 1.807) is 0 Å². The summed E-state index contributed by atoms with van der Waals surface area (Å²) in [7, 11) is 0. The Morgan fingerprint density at radius 3 is 1.50 bits per heavy atom. The van der Waals surface area contributed by atoms with Crippen molar-refractivity contribution in [1.29, 1.82) is 0 Å². The maximum Gasteiger partial charge on any atom is 0.0467 e. The molecule has 2 heteroatoms. The number of aryl methyl sites for hydroxylation is 5. The van der Waals surface area contributed by atoms with E-state index in [9.17, 15) is 0 Å². The van der Waals surface area contributed by atoms with E-state index < -0.39 is 0 Å². The quantitative estimate of drug-likeness (QED) is 0.168. The van der Waals surface area contributed by atoms with Gasteiger partial charge in [-0.1, -0.05) is 106 Å². The molecule has 3 aliphatic rings. The largest absolute Gasteiger partial charge is 0.314 e. The van der Waals surface area contributed by atoms with Crippen molar-refractivity contribution < 1.29 is 0 Å². The summed E-state index contributed by atoms with van der Waals surface area (Å²) in [5.74, 6) is 0.496. The summed E-state index contributed by atoms with van der Waals surface area (Å²) in [4.78, 5) is 4.95. The van der Waals surface area contributed by atoms with E-state index in [1.165, 1.54) is 106 Å². The van der Waals surface area contributed by atoms with Gasteiger partial charge in [-0.15, -0.1) is 0 Å². The first-order chi connectivity index (χ1) is 26.7. The van der Waals surface area contributed by atoms with Gasteiger partial charge in [0.1, 0.15) is 0 Å². The number of rotatable bonds is 6. The van der Waals surface area contributed by atoms with E-state index in [4.69, 9.17) is 0 Å². The summed E-state index contributed by atoms with van der Waals surface area (Å²) in [6.07, 6.45) is 7.88. The fraction of sp³-hybridized carbons (Fsp3) is 0.259. The predicted molar refractivity (Wildman–Crippen MR) is 240 cm³/mol. The second-order valence-corrected chi connectivity index (χ2v) is 17.9. The highest BCUT2D eigenvalue weighted by atomic mass is 15.2. The van der Waals surface area contributed by atoms with E-state index >= 15 is 0 Å². The van der Waals surface area contributed by atoms with Gasteiger partial charge in [0, 0.05) is 45.0 Å². The Morgan fingerprint density at radius 1 is 0.500 bits per heavy atom. The van der Waals surface area contributed by atoms with Gasteiger partial charge in [0.25, 0.3) is 0 Å². The Bertz CT molecular complexity index is 2610. The minimum absolute atomic E-state index is 0.199. The van der Waals surface area contributed by atoms with Gasteiger partial charge in [-0.05, 0) is 175 Å². The average Bonchev–Trinajstić information content (AvgIpc) is 3.53. The lowest BCUT2D eigenvalue weighted by Crippen LogP contribution is -2.25. The molecule has 9 rings (SSSR count). The summed E-state index contributed by atoms with van der Waals surface area (Å²) in [6, 6.07) is 41.6. The average molecular weight is 731 g/mol. The number of hydrogen-bond donors (Lipinski definition) is 0. The molecule has 6 aromatic carbocycles. The lowest BCUT2D eigenvalue weighted by molar-refractivity contribution is 0.601. The smallest absolute Gasteiger partial charge is 0.0467 e. The Morgan fingerprint density at radius 2 is 1.00 bits per heavy atom. The molecule has 3 aliphatic carbocycles. The van der Waals surface area contributed by atoms with Crippen molar-refractivity contribution in [3.63, 3.8) is 0 Å². The lowest BCUT2D eigenvalue weighted by Gasteiger charge is -2.33. The molecule has 56 heavy (non-hydrogen) atoms. The number of anilines is 5. The van der Waals surface area contributed by atoms with Crippen LogP contribution in [-0.4, -0.2) is 0 Å². The molecule has 0 N–H and O–H groups in total. The maximum atomic E-state index is 2.51. The second-order valence-electron chi connectivity index (χ2n) is 17.9. The first-order valence-electron chi connectivity index (χ1n) is 20.4. The van der Waals surface area contributed by atoms with Gasteiger partial charge in [-0.25, -0.2) is 0 Å². The number of nitrogens with zero attached hydrogens (tertiary/aromatic N) is 2. The third kappa shape index (κ3) is 5.60. The Kier molecular flexibility index (Phi) is 8.36. The van der Waals surface area contributed by atoms with E-state index in [1.807, 2.05) is 0 Å². The van der Waals surface area contributed by atoms with Crippen LogP contribution in [0.25, 0.3) is 22.3 Å². The van der Waals surface area contributed by atoms with Gasteiger partial charge >= 0.3 is 0 Å². The van der Waals surface area contributed by atoms with Crippen LogP contribution in [0.3, 0.4) is 0 Å². The van der Waals surface area contributed by atoms with Crippen molar-refractivity contribution in [2.75, 3.05) is 9.80 Å². The van der Waals surface area contributed by atoms with Crippen molar-refractivity contribution in [2.45, 2.75) is 86.5 Å². The normalized spacial score (nSPS) is 16.8. The zero-order chi connectivity index (χ0) is 39.3.